The Bertz CT molecular complexity index is 350. The molecule has 1 atom stereocenters. The van der Waals surface area contributed by atoms with Crippen molar-refractivity contribution in [1.29, 1.82) is 0 Å². The van der Waals surface area contributed by atoms with Crippen LogP contribution in [0.25, 0.3) is 0 Å². The lowest BCUT2D eigenvalue weighted by atomic mass is 10.2. The number of carbonyl (C=O) groups excluding carboxylic acids is 1. The van der Waals surface area contributed by atoms with Crippen molar-refractivity contribution in [2.75, 3.05) is 20.2 Å². The predicted molar refractivity (Wildman–Crippen MR) is 72.0 cm³/mol. The lowest BCUT2D eigenvalue weighted by Gasteiger charge is -2.23. The normalized spacial score (nSPS) is 12.2. The lowest BCUT2D eigenvalue weighted by molar-refractivity contribution is -0.134. The van der Waals surface area contributed by atoms with Gasteiger partial charge in [-0.25, -0.2) is 0 Å². The van der Waals surface area contributed by atoms with E-state index in [-0.39, 0.29) is 12.0 Å². The maximum Gasteiger partial charge on any atom is 0.225 e. The number of rotatable bonds is 7. The number of carbonyl (C=O) groups is 1. The molecule has 18 heavy (non-hydrogen) atoms. The standard InChI is InChI=1S/C14H22N2O2/c1-3-16(11-12-7-5-4-6-8-12)14(17)9-13(10-15)18-2/h4-8,13H,3,9-11,15H2,1-2H3. The number of hydrogen-bond acceptors (Lipinski definition) is 3. The van der Waals surface area contributed by atoms with Crippen LogP contribution in [0.4, 0.5) is 0 Å². The van der Waals surface area contributed by atoms with Gasteiger partial charge in [0.15, 0.2) is 0 Å². The Kier molecular flexibility index (Phi) is 6.39. The molecule has 1 rings (SSSR count). The second-order valence-electron chi connectivity index (χ2n) is 4.19. The minimum atomic E-state index is -0.192. The fourth-order valence-electron chi connectivity index (χ4n) is 1.77. The Hall–Kier alpha value is -1.39. The summed E-state index contributed by atoms with van der Waals surface area (Å²) in [5.41, 5.74) is 6.66. The van der Waals surface area contributed by atoms with Crippen LogP contribution in [-0.2, 0) is 16.1 Å². The van der Waals surface area contributed by atoms with Crippen LogP contribution in [0.3, 0.4) is 0 Å². The van der Waals surface area contributed by atoms with E-state index in [2.05, 4.69) is 0 Å². The van der Waals surface area contributed by atoms with E-state index >= 15 is 0 Å². The van der Waals surface area contributed by atoms with E-state index in [0.717, 1.165) is 5.56 Å². The highest BCUT2D eigenvalue weighted by molar-refractivity contribution is 5.76. The van der Waals surface area contributed by atoms with E-state index in [9.17, 15) is 4.79 Å². The van der Waals surface area contributed by atoms with E-state index in [1.807, 2.05) is 42.2 Å². The fourth-order valence-corrected chi connectivity index (χ4v) is 1.77. The highest BCUT2D eigenvalue weighted by Crippen LogP contribution is 2.07. The van der Waals surface area contributed by atoms with Gasteiger partial charge < -0.3 is 15.4 Å². The van der Waals surface area contributed by atoms with Crippen LogP contribution in [-0.4, -0.2) is 37.1 Å². The zero-order chi connectivity index (χ0) is 13.4. The van der Waals surface area contributed by atoms with Gasteiger partial charge >= 0.3 is 0 Å². The van der Waals surface area contributed by atoms with E-state index in [0.29, 0.717) is 26.1 Å². The molecular formula is C14H22N2O2. The van der Waals surface area contributed by atoms with Crippen LogP contribution >= 0.6 is 0 Å². The van der Waals surface area contributed by atoms with Crippen LogP contribution < -0.4 is 5.73 Å². The number of methoxy groups -OCH3 is 1. The summed E-state index contributed by atoms with van der Waals surface area (Å²) >= 11 is 0. The highest BCUT2D eigenvalue weighted by Gasteiger charge is 2.17. The molecule has 0 saturated carbocycles. The lowest BCUT2D eigenvalue weighted by Crippen LogP contribution is -2.35. The molecule has 100 valence electrons. The highest BCUT2D eigenvalue weighted by atomic mass is 16.5. The smallest absolute Gasteiger partial charge is 0.225 e. The van der Waals surface area contributed by atoms with Crippen LogP contribution in [0.15, 0.2) is 30.3 Å². The molecular weight excluding hydrogens is 228 g/mol. The molecule has 0 radical (unpaired) electrons. The topological polar surface area (TPSA) is 55.6 Å². The number of benzene rings is 1. The van der Waals surface area contributed by atoms with Gasteiger partial charge in [-0.05, 0) is 12.5 Å². The van der Waals surface area contributed by atoms with Gasteiger partial charge in [0.1, 0.15) is 0 Å². The summed E-state index contributed by atoms with van der Waals surface area (Å²) in [7, 11) is 1.58. The molecule has 0 fully saturated rings. The minimum absolute atomic E-state index is 0.0821. The maximum absolute atomic E-state index is 12.1. The van der Waals surface area contributed by atoms with Gasteiger partial charge in [0.05, 0.1) is 12.5 Å². The van der Waals surface area contributed by atoms with Crippen molar-refractivity contribution in [3.63, 3.8) is 0 Å². The second-order valence-corrected chi connectivity index (χ2v) is 4.19. The van der Waals surface area contributed by atoms with E-state index in [1.165, 1.54) is 0 Å². The first-order valence-corrected chi connectivity index (χ1v) is 6.25. The average Bonchev–Trinajstić information content (AvgIpc) is 2.43. The first-order chi connectivity index (χ1) is 8.71. The van der Waals surface area contributed by atoms with Crippen molar-refractivity contribution in [2.45, 2.75) is 26.0 Å². The summed E-state index contributed by atoms with van der Waals surface area (Å²) in [4.78, 5) is 13.9. The third-order valence-corrected chi connectivity index (χ3v) is 2.95. The fraction of sp³-hybridized carbons (Fsp3) is 0.500. The van der Waals surface area contributed by atoms with Gasteiger partial charge in [-0.15, -0.1) is 0 Å². The largest absolute Gasteiger partial charge is 0.380 e. The summed E-state index contributed by atoms with van der Waals surface area (Å²) in [6.45, 7) is 3.67. The maximum atomic E-state index is 12.1. The Labute approximate surface area is 109 Å². The molecule has 2 N–H and O–H groups in total. The number of nitrogens with zero attached hydrogens (tertiary/aromatic N) is 1. The summed E-state index contributed by atoms with van der Waals surface area (Å²) in [6.07, 6.45) is 0.149. The number of ether oxygens (including phenoxy) is 1. The molecule has 4 nitrogen and oxygen atoms in total. The summed E-state index contributed by atoms with van der Waals surface area (Å²) in [5.74, 6) is 0.0821. The Morgan fingerprint density at radius 3 is 2.56 bits per heavy atom. The van der Waals surface area contributed by atoms with Crippen molar-refractivity contribution in [3.05, 3.63) is 35.9 Å². The van der Waals surface area contributed by atoms with Gasteiger partial charge in [-0.3, -0.25) is 4.79 Å². The molecule has 1 amide bonds. The van der Waals surface area contributed by atoms with Gasteiger partial charge in [0.25, 0.3) is 0 Å². The second kappa shape index (κ2) is 7.84. The molecule has 4 heteroatoms. The molecule has 0 aromatic heterocycles. The molecule has 1 aromatic carbocycles. The first kappa shape index (κ1) is 14.7. The zero-order valence-electron chi connectivity index (χ0n) is 11.1. The summed E-state index contributed by atoms with van der Waals surface area (Å²) < 4.78 is 5.14. The molecule has 0 spiro atoms. The molecule has 0 aliphatic carbocycles. The molecule has 0 aliphatic heterocycles. The molecule has 0 aliphatic rings. The Morgan fingerprint density at radius 1 is 1.39 bits per heavy atom. The van der Waals surface area contributed by atoms with Crippen LogP contribution in [0.5, 0.6) is 0 Å². The van der Waals surface area contributed by atoms with Crippen molar-refractivity contribution in [1.82, 2.24) is 4.90 Å². The van der Waals surface area contributed by atoms with E-state index in [4.69, 9.17) is 10.5 Å². The minimum Gasteiger partial charge on any atom is -0.380 e. The average molecular weight is 250 g/mol. The van der Waals surface area contributed by atoms with Crippen LogP contribution in [0.2, 0.25) is 0 Å². The van der Waals surface area contributed by atoms with E-state index < -0.39 is 0 Å². The van der Waals surface area contributed by atoms with Crippen molar-refractivity contribution in [2.24, 2.45) is 5.73 Å². The van der Waals surface area contributed by atoms with Gasteiger partial charge in [0, 0.05) is 26.7 Å². The van der Waals surface area contributed by atoms with Gasteiger partial charge in [0.2, 0.25) is 5.91 Å². The molecule has 1 unspecified atom stereocenters. The van der Waals surface area contributed by atoms with Crippen molar-refractivity contribution >= 4 is 5.91 Å². The molecule has 0 bridgehead atoms. The number of amides is 1. The van der Waals surface area contributed by atoms with Crippen molar-refractivity contribution < 1.29 is 9.53 Å². The van der Waals surface area contributed by atoms with E-state index in [1.54, 1.807) is 7.11 Å². The quantitative estimate of drug-likeness (QED) is 0.796. The first-order valence-electron chi connectivity index (χ1n) is 6.25. The Morgan fingerprint density at radius 2 is 2.06 bits per heavy atom. The van der Waals surface area contributed by atoms with Crippen molar-refractivity contribution in [3.8, 4) is 0 Å². The van der Waals surface area contributed by atoms with Crippen LogP contribution in [0.1, 0.15) is 18.9 Å². The molecule has 0 saturated heterocycles. The predicted octanol–water partition coefficient (Wildman–Crippen LogP) is 1.40. The molecule has 1 aromatic rings. The summed E-state index contributed by atoms with van der Waals surface area (Å²) in [6, 6.07) is 9.97. The third kappa shape index (κ3) is 4.47. The molecule has 0 heterocycles. The van der Waals surface area contributed by atoms with Gasteiger partial charge in [-0.1, -0.05) is 30.3 Å². The number of hydrogen-bond donors (Lipinski definition) is 1. The number of nitrogens with two attached hydrogens (primary N) is 1. The zero-order valence-corrected chi connectivity index (χ0v) is 11.1. The SMILES string of the molecule is CCN(Cc1ccccc1)C(=O)CC(CN)OC. The van der Waals surface area contributed by atoms with Crippen LogP contribution in [0, 0.1) is 0 Å². The van der Waals surface area contributed by atoms with Gasteiger partial charge in [-0.2, -0.15) is 0 Å². The third-order valence-electron chi connectivity index (χ3n) is 2.95. The summed E-state index contributed by atoms with van der Waals surface area (Å²) in [5, 5.41) is 0. The Balaban J connectivity index is 2.58. The monoisotopic (exact) mass is 250 g/mol.